The number of hydrogen-bond donors (Lipinski definition) is 1. The molecule has 0 aromatic rings. The largest absolute Gasteiger partial charge is 0.342 e. The van der Waals surface area contributed by atoms with Crippen LogP contribution in [0.3, 0.4) is 0 Å². The van der Waals surface area contributed by atoms with E-state index in [2.05, 4.69) is 11.8 Å². The molecule has 1 saturated heterocycles. The van der Waals surface area contributed by atoms with Crippen LogP contribution >= 0.6 is 0 Å². The van der Waals surface area contributed by atoms with Gasteiger partial charge in [-0.2, -0.15) is 0 Å². The highest BCUT2D eigenvalue weighted by Gasteiger charge is 2.51. The first kappa shape index (κ1) is 13.1. The van der Waals surface area contributed by atoms with Gasteiger partial charge in [-0.25, -0.2) is 0 Å². The van der Waals surface area contributed by atoms with Crippen LogP contribution in [0.2, 0.25) is 0 Å². The Kier molecular flexibility index (Phi) is 3.10. The van der Waals surface area contributed by atoms with Crippen molar-refractivity contribution in [3.05, 3.63) is 0 Å². The van der Waals surface area contributed by atoms with Gasteiger partial charge in [-0.05, 0) is 68.1 Å². The van der Waals surface area contributed by atoms with Crippen molar-refractivity contribution in [2.24, 2.45) is 41.2 Å². The number of rotatable bonds is 1. The van der Waals surface area contributed by atoms with Crippen LogP contribution in [0.5, 0.6) is 0 Å². The third-order valence-corrected chi connectivity index (χ3v) is 6.80. The molecule has 0 spiro atoms. The van der Waals surface area contributed by atoms with Gasteiger partial charge in [-0.15, -0.1) is 0 Å². The van der Waals surface area contributed by atoms with E-state index in [1.807, 2.05) is 0 Å². The lowest BCUT2D eigenvalue weighted by molar-refractivity contribution is -0.151. The predicted octanol–water partition coefficient (Wildman–Crippen LogP) is 2.25. The second-order valence-electron chi connectivity index (χ2n) is 8.17. The number of likely N-dealkylation sites (tertiary alicyclic amines) is 1. The Morgan fingerprint density at radius 1 is 1.05 bits per heavy atom. The maximum Gasteiger partial charge on any atom is 0.226 e. The first-order valence-corrected chi connectivity index (χ1v) is 8.66. The minimum absolute atomic E-state index is 0.289. The van der Waals surface area contributed by atoms with E-state index in [0.717, 1.165) is 31.3 Å². The van der Waals surface area contributed by atoms with E-state index in [-0.39, 0.29) is 6.04 Å². The molecule has 4 aliphatic carbocycles. The van der Waals surface area contributed by atoms with E-state index >= 15 is 0 Å². The van der Waals surface area contributed by atoms with Crippen LogP contribution in [0.1, 0.15) is 45.4 Å². The summed E-state index contributed by atoms with van der Waals surface area (Å²) in [4.78, 5) is 15.2. The lowest BCUT2D eigenvalue weighted by Gasteiger charge is -2.54. The molecule has 5 rings (SSSR count). The molecule has 0 aromatic heterocycles. The maximum atomic E-state index is 13.0. The van der Waals surface area contributed by atoms with Crippen LogP contribution in [0.25, 0.3) is 0 Å². The first-order chi connectivity index (χ1) is 9.61. The zero-order valence-electron chi connectivity index (χ0n) is 12.6. The molecule has 1 heterocycles. The molecule has 0 aromatic carbocycles. The summed E-state index contributed by atoms with van der Waals surface area (Å²) in [5, 5.41) is 0. The van der Waals surface area contributed by atoms with Gasteiger partial charge < -0.3 is 10.6 Å². The zero-order valence-corrected chi connectivity index (χ0v) is 12.6. The molecular formula is C17H28N2O. The van der Waals surface area contributed by atoms with Crippen molar-refractivity contribution in [2.45, 2.75) is 51.5 Å². The van der Waals surface area contributed by atoms with Gasteiger partial charge in [0.15, 0.2) is 0 Å². The SMILES string of the molecule is CC1CN(C(=O)C2C3CC4CC(C3)CC2C4)CCC1N. The minimum Gasteiger partial charge on any atom is -0.342 e. The minimum atomic E-state index is 0.289. The molecule has 2 unspecified atom stereocenters. The zero-order chi connectivity index (χ0) is 13.9. The van der Waals surface area contributed by atoms with Crippen molar-refractivity contribution in [3.63, 3.8) is 0 Å². The Balaban J connectivity index is 1.49. The van der Waals surface area contributed by atoms with Gasteiger partial charge in [0.1, 0.15) is 0 Å². The number of nitrogens with two attached hydrogens (primary N) is 1. The summed E-state index contributed by atoms with van der Waals surface area (Å²) in [6.45, 7) is 3.98. The molecule has 2 N–H and O–H groups in total. The molecule has 1 aliphatic heterocycles. The van der Waals surface area contributed by atoms with Gasteiger partial charge >= 0.3 is 0 Å². The van der Waals surface area contributed by atoms with E-state index in [1.165, 1.54) is 32.1 Å². The predicted molar refractivity (Wildman–Crippen MR) is 78.9 cm³/mol. The summed E-state index contributed by atoms with van der Waals surface area (Å²) >= 11 is 0. The van der Waals surface area contributed by atoms with Crippen LogP contribution in [0.15, 0.2) is 0 Å². The van der Waals surface area contributed by atoms with Gasteiger partial charge in [0, 0.05) is 25.0 Å². The third-order valence-electron chi connectivity index (χ3n) is 6.80. The van der Waals surface area contributed by atoms with Crippen molar-refractivity contribution in [3.8, 4) is 0 Å². The van der Waals surface area contributed by atoms with Crippen LogP contribution in [0, 0.1) is 35.5 Å². The number of piperidine rings is 1. The fourth-order valence-electron chi connectivity index (χ4n) is 5.90. The number of hydrogen-bond acceptors (Lipinski definition) is 2. The second-order valence-corrected chi connectivity index (χ2v) is 8.17. The van der Waals surface area contributed by atoms with E-state index < -0.39 is 0 Å². The molecule has 4 bridgehead atoms. The molecule has 5 fully saturated rings. The third kappa shape index (κ3) is 2.01. The van der Waals surface area contributed by atoms with Crippen LogP contribution in [-0.2, 0) is 4.79 Å². The summed E-state index contributed by atoms with van der Waals surface area (Å²) in [6, 6.07) is 0.289. The fourth-order valence-corrected chi connectivity index (χ4v) is 5.90. The highest BCUT2D eigenvalue weighted by Crippen LogP contribution is 2.56. The Labute approximate surface area is 122 Å². The van der Waals surface area contributed by atoms with Crippen molar-refractivity contribution < 1.29 is 4.79 Å². The molecule has 1 amide bonds. The first-order valence-electron chi connectivity index (χ1n) is 8.66. The summed E-state index contributed by atoms with van der Waals surface area (Å²) in [5.74, 6) is 4.64. The van der Waals surface area contributed by atoms with Crippen LogP contribution in [-0.4, -0.2) is 29.9 Å². The quantitative estimate of drug-likeness (QED) is 0.798. The summed E-state index contributed by atoms with van der Waals surface area (Å²) in [7, 11) is 0. The topological polar surface area (TPSA) is 46.3 Å². The van der Waals surface area contributed by atoms with Crippen LogP contribution < -0.4 is 5.73 Å². The Morgan fingerprint density at radius 3 is 2.20 bits per heavy atom. The van der Waals surface area contributed by atoms with E-state index in [1.54, 1.807) is 0 Å². The van der Waals surface area contributed by atoms with Crippen LogP contribution in [0.4, 0.5) is 0 Å². The Hall–Kier alpha value is -0.570. The summed E-state index contributed by atoms with van der Waals surface area (Å²) in [5.41, 5.74) is 6.10. The number of carbonyl (C=O) groups excluding carboxylic acids is 1. The Bertz CT molecular complexity index is 380. The smallest absolute Gasteiger partial charge is 0.226 e. The van der Waals surface area contributed by atoms with Crippen molar-refractivity contribution in [1.29, 1.82) is 0 Å². The average molecular weight is 276 g/mol. The normalized spacial score (nSPS) is 50.5. The standard InChI is InChI=1S/C17H28N2O/c1-10-9-19(3-2-15(10)18)17(20)16-13-5-11-4-12(7-13)8-14(16)6-11/h10-16H,2-9,18H2,1H3. The highest BCUT2D eigenvalue weighted by molar-refractivity contribution is 5.80. The average Bonchev–Trinajstić information content (AvgIpc) is 2.40. The van der Waals surface area contributed by atoms with E-state index in [4.69, 9.17) is 5.73 Å². The monoisotopic (exact) mass is 276 g/mol. The second kappa shape index (κ2) is 4.72. The Morgan fingerprint density at radius 2 is 1.65 bits per heavy atom. The van der Waals surface area contributed by atoms with E-state index in [9.17, 15) is 4.79 Å². The molecule has 112 valence electrons. The van der Waals surface area contributed by atoms with Gasteiger partial charge in [-0.3, -0.25) is 4.79 Å². The molecule has 0 radical (unpaired) electrons. The van der Waals surface area contributed by atoms with Gasteiger partial charge in [0.2, 0.25) is 5.91 Å². The lowest BCUT2D eigenvalue weighted by Crippen LogP contribution is -2.55. The van der Waals surface area contributed by atoms with Crippen molar-refractivity contribution in [2.75, 3.05) is 13.1 Å². The summed E-state index contributed by atoms with van der Waals surface area (Å²) < 4.78 is 0. The fraction of sp³-hybridized carbons (Fsp3) is 0.941. The van der Waals surface area contributed by atoms with Gasteiger partial charge in [-0.1, -0.05) is 6.92 Å². The number of carbonyl (C=O) groups is 1. The van der Waals surface area contributed by atoms with Gasteiger partial charge in [0.05, 0.1) is 0 Å². The molecular weight excluding hydrogens is 248 g/mol. The van der Waals surface area contributed by atoms with E-state index in [0.29, 0.717) is 29.6 Å². The summed E-state index contributed by atoms with van der Waals surface area (Å²) in [6.07, 6.45) is 7.81. The number of nitrogens with zero attached hydrogens (tertiary/aromatic N) is 1. The molecule has 4 saturated carbocycles. The molecule has 20 heavy (non-hydrogen) atoms. The lowest BCUT2D eigenvalue weighted by atomic mass is 9.51. The van der Waals surface area contributed by atoms with Crippen molar-refractivity contribution in [1.82, 2.24) is 4.90 Å². The molecule has 2 atom stereocenters. The number of amides is 1. The molecule has 5 aliphatic rings. The highest BCUT2D eigenvalue weighted by atomic mass is 16.2. The molecule has 3 nitrogen and oxygen atoms in total. The van der Waals surface area contributed by atoms with Gasteiger partial charge in [0.25, 0.3) is 0 Å². The molecule has 3 heteroatoms. The maximum absolute atomic E-state index is 13.0. The van der Waals surface area contributed by atoms with Crippen molar-refractivity contribution >= 4 is 5.91 Å².